The highest BCUT2D eigenvalue weighted by Gasteiger charge is 2.29. The van der Waals surface area contributed by atoms with Crippen molar-refractivity contribution in [1.82, 2.24) is 0 Å². The van der Waals surface area contributed by atoms with Gasteiger partial charge in [0, 0.05) is 17.9 Å². The largest absolute Gasteiger partial charge is 0.294 e. The van der Waals surface area contributed by atoms with Crippen LogP contribution in [-0.2, 0) is 0 Å². The summed E-state index contributed by atoms with van der Waals surface area (Å²) < 4.78 is 0. The maximum atomic E-state index is 11.9. The summed E-state index contributed by atoms with van der Waals surface area (Å²) in [7, 11) is 0. The summed E-state index contributed by atoms with van der Waals surface area (Å²) in [4.78, 5) is 11.9. The third-order valence-electron chi connectivity index (χ3n) is 3.51. The molecule has 0 amide bonds. The lowest BCUT2D eigenvalue weighted by Gasteiger charge is -2.11. The Kier molecular flexibility index (Phi) is 2.32. The number of benzene rings is 2. The molecule has 2 aromatic rings. The number of hydrogen-bond donors (Lipinski definition) is 0. The smallest absolute Gasteiger partial charge is 0.164 e. The molecule has 17 heavy (non-hydrogen) atoms. The van der Waals surface area contributed by atoms with E-state index < -0.39 is 0 Å². The molecule has 2 aromatic carbocycles. The molecule has 0 aliphatic heterocycles. The Balaban J connectivity index is 2.07. The zero-order valence-electron chi connectivity index (χ0n) is 9.81. The summed E-state index contributed by atoms with van der Waals surface area (Å²) in [6.45, 7) is 2.08. The van der Waals surface area contributed by atoms with E-state index in [1.54, 1.807) is 0 Å². The molecule has 1 nitrogen and oxygen atoms in total. The molecular formula is C16H14O. The first kappa shape index (κ1) is 10.3. The zero-order chi connectivity index (χ0) is 11.8. The molecule has 0 saturated heterocycles. The quantitative estimate of drug-likeness (QED) is 0.718. The van der Waals surface area contributed by atoms with Crippen molar-refractivity contribution in [3.8, 4) is 0 Å². The van der Waals surface area contributed by atoms with E-state index in [0.29, 0.717) is 6.42 Å². The SMILES string of the molecule is Cc1ccc([C@@H]2CC(=O)c3ccccc32)cc1. The third-order valence-corrected chi connectivity index (χ3v) is 3.51. The van der Waals surface area contributed by atoms with E-state index in [0.717, 1.165) is 5.56 Å². The summed E-state index contributed by atoms with van der Waals surface area (Å²) >= 11 is 0. The molecule has 1 aliphatic carbocycles. The molecule has 0 spiro atoms. The molecular weight excluding hydrogens is 208 g/mol. The van der Waals surface area contributed by atoms with Crippen molar-refractivity contribution in [3.63, 3.8) is 0 Å². The van der Waals surface area contributed by atoms with Crippen molar-refractivity contribution in [2.45, 2.75) is 19.3 Å². The summed E-state index contributed by atoms with van der Waals surface area (Å²) in [5, 5.41) is 0. The maximum Gasteiger partial charge on any atom is 0.164 e. The van der Waals surface area contributed by atoms with Gasteiger partial charge in [-0.15, -0.1) is 0 Å². The van der Waals surface area contributed by atoms with Gasteiger partial charge in [-0.2, -0.15) is 0 Å². The van der Waals surface area contributed by atoms with Crippen LogP contribution in [0.4, 0.5) is 0 Å². The zero-order valence-corrected chi connectivity index (χ0v) is 9.81. The molecule has 1 aliphatic rings. The molecule has 3 rings (SSSR count). The Labute approximate surface area is 101 Å². The van der Waals surface area contributed by atoms with E-state index in [-0.39, 0.29) is 11.7 Å². The number of fused-ring (bicyclic) bond motifs is 1. The topological polar surface area (TPSA) is 17.1 Å². The van der Waals surface area contributed by atoms with E-state index in [1.165, 1.54) is 16.7 Å². The van der Waals surface area contributed by atoms with Crippen LogP contribution in [0.3, 0.4) is 0 Å². The predicted molar refractivity (Wildman–Crippen MR) is 68.4 cm³/mol. The van der Waals surface area contributed by atoms with Crippen LogP contribution in [0.15, 0.2) is 48.5 Å². The number of rotatable bonds is 1. The van der Waals surface area contributed by atoms with Gasteiger partial charge in [-0.05, 0) is 18.1 Å². The van der Waals surface area contributed by atoms with Gasteiger partial charge in [-0.3, -0.25) is 4.79 Å². The highest BCUT2D eigenvalue weighted by atomic mass is 16.1. The summed E-state index contributed by atoms with van der Waals surface area (Å²) in [6.07, 6.45) is 0.613. The molecule has 0 unspecified atom stereocenters. The minimum absolute atomic E-state index is 0.249. The molecule has 0 fully saturated rings. The highest BCUT2D eigenvalue weighted by molar-refractivity contribution is 6.01. The average molecular weight is 222 g/mol. The van der Waals surface area contributed by atoms with Crippen LogP contribution in [0.2, 0.25) is 0 Å². The van der Waals surface area contributed by atoms with Gasteiger partial charge in [-0.25, -0.2) is 0 Å². The Bertz CT molecular complexity index is 566. The Morgan fingerprint density at radius 1 is 1.00 bits per heavy atom. The van der Waals surface area contributed by atoms with Gasteiger partial charge in [0.2, 0.25) is 0 Å². The molecule has 84 valence electrons. The van der Waals surface area contributed by atoms with Crippen LogP contribution in [0, 0.1) is 6.92 Å². The van der Waals surface area contributed by atoms with Crippen molar-refractivity contribution in [2.24, 2.45) is 0 Å². The van der Waals surface area contributed by atoms with Crippen molar-refractivity contribution in [3.05, 3.63) is 70.8 Å². The van der Waals surface area contributed by atoms with Gasteiger partial charge in [-0.1, -0.05) is 54.1 Å². The van der Waals surface area contributed by atoms with E-state index in [4.69, 9.17) is 0 Å². The van der Waals surface area contributed by atoms with Crippen LogP contribution in [0.25, 0.3) is 0 Å². The van der Waals surface area contributed by atoms with Gasteiger partial charge >= 0.3 is 0 Å². The van der Waals surface area contributed by atoms with Gasteiger partial charge in [0.05, 0.1) is 0 Å². The van der Waals surface area contributed by atoms with Crippen molar-refractivity contribution in [1.29, 1.82) is 0 Å². The fourth-order valence-electron chi connectivity index (χ4n) is 2.56. The van der Waals surface area contributed by atoms with Crippen molar-refractivity contribution < 1.29 is 4.79 Å². The second-order valence-corrected chi connectivity index (χ2v) is 4.68. The first-order chi connectivity index (χ1) is 8.25. The van der Waals surface area contributed by atoms with E-state index in [9.17, 15) is 4.79 Å². The number of ketones is 1. The molecule has 1 heteroatoms. The highest BCUT2D eigenvalue weighted by Crippen LogP contribution is 2.37. The van der Waals surface area contributed by atoms with Crippen LogP contribution in [-0.4, -0.2) is 5.78 Å². The number of carbonyl (C=O) groups is 1. The fraction of sp³-hybridized carbons (Fsp3) is 0.188. The molecule has 0 heterocycles. The number of hydrogen-bond acceptors (Lipinski definition) is 1. The lowest BCUT2D eigenvalue weighted by Crippen LogP contribution is -1.96. The van der Waals surface area contributed by atoms with Gasteiger partial charge in [0.25, 0.3) is 0 Å². The predicted octanol–water partition coefficient (Wildman–Crippen LogP) is 3.71. The Morgan fingerprint density at radius 3 is 2.47 bits per heavy atom. The number of aryl methyl sites for hydroxylation is 1. The maximum absolute atomic E-state index is 11.9. The van der Waals surface area contributed by atoms with Crippen molar-refractivity contribution in [2.75, 3.05) is 0 Å². The van der Waals surface area contributed by atoms with E-state index in [1.807, 2.05) is 18.2 Å². The Morgan fingerprint density at radius 2 is 1.71 bits per heavy atom. The monoisotopic (exact) mass is 222 g/mol. The number of carbonyl (C=O) groups excluding carboxylic acids is 1. The summed E-state index contributed by atoms with van der Waals surface area (Å²) in [6, 6.07) is 16.5. The molecule has 0 saturated carbocycles. The number of Topliss-reactive ketones (excluding diaryl/α,β-unsaturated/α-hetero) is 1. The first-order valence-electron chi connectivity index (χ1n) is 5.94. The molecule has 0 N–H and O–H groups in total. The molecule has 0 radical (unpaired) electrons. The van der Waals surface area contributed by atoms with Gasteiger partial charge < -0.3 is 0 Å². The fourth-order valence-corrected chi connectivity index (χ4v) is 2.56. The van der Waals surface area contributed by atoms with E-state index >= 15 is 0 Å². The lowest BCUT2D eigenvalue weighted by molar-refractivity contribution is 0.0991. The normalized spacial score (nSPS) is 18.2. The average Bonchev–Trinajstić information content (AvgIpc) is 2.69. The van der Waals surface area contributed by atoms with Crippen LogP contribution in [0.1, 0.15) is 39.4 Å². The van der Waals surface area contributed by atoms with Gasteiger partial charge in [0.15, 0.2) is 5.78 Å². The second kappa shape index (κ2) is 3.85. The Hall–Kier alpha value is -1.89. The molecule has 0 bridgehead atoms. The van der Waals surface area contributed by atoms with Crippen LogP contribution < -0.4 is 0 Å². The second-order valence-electron chi connectivity index (χ2n) is 4.68. The standard InChI is InChI=1S/C16H14O/c1-11-6-8-12(9-7-11)15-10-16(17)14-5-3-2-4-13(14)15/h2-9,15H,10H2,1H3/t15-/m0/s1. The van der Waals surface area contributed by atoms with Gasteiger partial charge in [0.1, 0.15) is 0 Å². The minimum Gasteiger partial charge on any atom is -0.294 e. The summed E-state index contributed by atoms with van der Waals surface area (Å²) in [5.41, 5.74) is 4.58. The molecule has 1 atom stereocenters. The van der Waals surface area contributed by atoms with Crippen LogP contribution >= 0.6 is 0 Å². The minimum atomic E-state index is 0.249. The van der Waals surface area contributed by atoms with Crippen LogP contribution in [0.5, 0.6) is 0 Å². The summed E-state index contributed by atoms with van der Waals surface area (Å²) in [5.74, 6) is 0.519. The lowest BCUT2D eigenvalue weighted by atomic mass is 9.92. The molecule has 0 aromatic heterocycles. The van der Waals surface area contributed by atoms with E-state index in [2.05, 4.69) is 37.3 Å². The third kappa shape index (κ3) is 1.68. The first-order valence-corrected chi connectivity index (χ1v) is 5.94. The van der Waals surface area contributed by atoms with Crippen molar-refractivity contribution >= 4 is 5.78 Å².